The lowest BCUT2D eigenvalue weighted by atomic mass is 9.96. The Kier molecular flexibility index (Phi) is 6.75. The van der Waals surface area contributed by atoms with Gasteiger partial charge in [0.1, 0.15) is 0 Å². The molecule has 1 atom stereocenters. The molecule has 0 aliphatic carbocycles. The van der Waals surface area contributed by atoms with E-state index >= 15 is 0 Å². The lowest BCUT2D eigenvalue weighted by molar-refractivity contribution is 0.457. The first-order valence-corrected chi connectivity index (χ1v) is 8.55. The van der Waals surface area contributed by atoms with Gasteiger partial charge in [0, 0.05) is 6.04 Å². The van der Waals surface area contributed by atoms with Gasteiger partial charge < -0.3 is 5.32 Å². The number of benzene rings is 2. The minimum Gasteiger partial charge on any atom is -0.314 e. The molecule has 0 saturated heterocycles. The van der Waals surface area contributed by atoms with Crippen molar-refractivity contribution in [2.75, 3.05) is 6.54 Å². The van der Waals surface area contributed by atoms with Crippen LogP contribution in [0.25, 0.3) is 10.8 Å². The lowest BCUT2D eigenvalue weighted by Gasteiger charge is -2.19. The van der Waals surface area contributed by atoms with Crippen LogP contribution in [0.15, 0.2) is 42.5 Å². The van der Waals surface area contributed by atoms with Gasteiger partial charge in [-0.05, 0) is 42.1 Å². The van der Waals surface area contributed by atoms with Crippen LogP contribution in [0.2, 0.25) is 0 Å². The van der Waals surface area contributed by atoms with E-state index in [-0.39, 0.29) is 0 Å². The highest BCUT2D eigenvalue weighted by Crippen LogP contribution is 2.21. The molecule has 2 rings (SSSR count). The predicted molar refractivity (Wildman–Crippen MR) is 93.9 cm³/mol. The number of fused-ring (bicyclic) bond motifs is 1. The molecule has 1 heteroatoms. The Labute approximate surface area is 129 Å². The summed E-state index contributed by atoms with van der Waals surface area (Å²) < 4.78 is 0. The third-order valence-electron chi connectivity index (χ3n) is 4.19. The van der Waals surface area contributed by atoms with Gasteiger partial charge in [-0.1, -0.05) is 75.6 Å². The molecule has 0 aromatic heterocycles. The second-order valence-electron chi connectivity index (χ2n) is 5.99. The average molecular weight is 283 g/mol. The highest BCUT2D eigenvalue weighted by Gasteiger charge is 2.10. The minimum absolute atomic E-state index is 0.613. The number of nitrogens with one attached hydrogen (secondary N) is 1. The van der Waals surface area contributed by atoms with Crippen LogP contribution in [0.5, 0.6) is 0 Å². The van der Waals surface area contributed by atoms with Crippen LogP contribution in [0.3, 0.4) is 0 Å². The summed E-state index contributed by atoms with van der Waals surface area (Å²) in [5.74, 6) is 0. The highest BCUT2D eigenvalue weighted by molar-refractivity contribution is 5.85. The summed E-state index contributed by atoms with van der Waals surface area (Å²) in [7, 11) is 0. The van der Waals surface area contributed by atoms with Crippen molar-refractivity contribution in [3.05, 3.63) is 48.0 Å². The normalized spacial score (nSPS) is 12.7. The summed E-state index contributed by atoms with van der Waals surface area (Å²) in [6, 6.07) is 16.1. The summed E-state index contributed by atoms with van der Waals surface area (Å²) in [6.07, 6.45) is 7.62. The van der Waals surface area contributed by atoms with Crippen molar-refractivity contribution in [1.82, 2.24) is 5.32 Å². The SMILES string of the molecule is CCCCCC(Cc1cccc2ccccc12)NCCC. The van der Waals surface area contributed by atoms with Crippen molar-refractivity contribution in [3.63, 3.8) is 0 Å². The molecule has 114 valence electrons. The summed E-state index contributed by atoms with van der Waals surface area (Å²) in [6.45, 7) is 5.65. The molecule has 0 radical (unpaired) electrons. The molecular formula is C20H29N. The first kappa shape index (κ1) is 16.0. The first-order chi connectivity index (χ1) is 10.3. The molecule has 0 fully saturated rings. The molecule has 0 amide bonds. The van der Waals surface area contributed by atoms with Crippen LogP contribution in [0.4, 0.5) is 0 Å². The zero-order valence-electron chi connectivity index (χ0n) is 13.6. The van der Waals surface area contributed by atoms with Gasteiger partial charge in [0.05, 0.1) is 0 Å². The molecule has 0 spiro atoms. The van der Waals surface area contributed by atoms with Crippen LogP contribution < -0.4 is 5.32 Å². The van der Waals surface area contributed by atoms with E-state index in [1.165, 1.54) is 48.4 Å². The van der Waals surface area contributed by atoms with Gasteiger partial charge >= 0.3 is 0 Å². The Morgan fingerprint density at radius 3 is 2.52 bits per heavy atom. The molecule has 0 aliphatic rings. The molecule has 21 heavy (non-hydrogen) atoms. The Morgan fingerprint density at radius 2 is 1.71 bits per heavy atom. The summed E-state index contributed by atoms with van der Waals surface area (Å²) >= 11 is 0. The zero-order valence-corrected chi connectivity index (χ0v) is 13.6. The predicted octanol–water partition coefficient (Wildman–Crippen LogP) is 5.33. The van der Waals surface area contributed by atoms with Gasteiger partial charge in [0.25, 0.3) is 0 Å². The van der Waals surface area contributed by atoms with Gasteiger partial charge in [-0.25, -0.2) is 0 Å². The fraction of sp³-hybridized carbons (Fsp3) is 0.500. The first-order valence-electron chi connectivity index (χ1n) is 8.55. The molecule has 1 unspecified atom stereocenters. The number of unbranched alkanes of at least 4 members (excludes halogenated alkanes) is 2. The van der Waals surface area contributed by atoms with Gasteiger partial charge in [0.15, 0.2) is 0 Å². The van der Waals surface area contributed by atoms with Crippen molar-refractivity contribution in [1.29, 1.82) is 0 Å². The van der Waals surface area contributed by atoms with E-state index in [0.29, 0.717) is 6.04 Å². The minimum atomic E-state index is 0.613. The van der Waals surface area contributed by atoms with E-state index in [2.05, 4.69) is 61.6 Å². The summed E-state index contributed by atoms with van der Waals surface area (Å²) in [4.78, 5) is 0. The number of rotatable bonds is 9. The smallest absolute Gasteiger partial charge is 0.0108 e. The second-order valence-corrected chi connectivity index (χ2v) is 5.99. The standard InChI is InChI=1S/C20H29N/c1-3-5-6-13-19(21-15-4-2)16-18-12-9-11-17-10-7-8-14-20(17)18/h7-12,14,19,21H,3-6,13,15-16H2,1-2H3. The van der Waals surface area contributed by atoms with Crippen LogP contribution in [-0.4, -0.2) is 12.6 Å². The van der Waals surface area contributed by atoms with Crippen LogP contribution in [0.1, 0.15) is 51.5 Å². The topological polar surface area (TPSA) is 12.0 Å². The van der Waals surface area contributed by atoms with Crippen LogP contribution in [-0.2, 0) is 6.42 Å². The molecule has 0 bridgehead atoms. The lowest BCUT2D eigenvalue weighted by Crippen LogP contribution is -2.31. The number of hydrogen-bond acceptors (Lipinski definition) is 1. The van der Waals surface area contributed by atoms with Gasteiger partial charge in [-0.15, -0.1) is 0 Å². The van der Waals surface area contributed by atoms with E-state index in [4.69, 9.17) is 0 Å². The quantitative estimate of drug-likeness (QED) is 0.613. The van der Waals surface area contributed by atoms with Gasteiger partial charge in [0.2, 0.25) is 0 Å². The van der Waals surface area contributed by atoms with E-state index in [1.54, 1.807) is 0 Å². The maximum atomic E-state index is 3.74. The van der Waals surface area contributed by atoms with E-state index in [9.17, 15) is 0 Å². The average Bonchev–Trinajstić information content (AvgIpc) is 2.53. The molecule has 0 heterocycles. The van der Waals surface area contributed by atoms with Gasteiger partial charge in [-0.2, -0.15) is 0 Å². The van der Waals surface area contributed by atoms with Gasteiger partial charge in [-0.3, -0.25) is 0 Å². The summed E-state index contributed by atoms with van der Waals surface area (Å²) in [5.41, 5.74) is 1.48. The van der Waals surface area contributed by atoms with Crippen LogP contribution >= 0.6 is 0 Å². The molecular weight excluding hydrogens is 254 g/mol. The Bertz CT molecular complexity index is 527. The molecule has 0 saturated carbocycles. The maximum Gasteiger partial charge on any atom is 0.0108 e. The van der Waals surface area contributed by atoms with Crippen molar-refractivity contribution in [3.8, 4) is 0 Å². The van der Waals surface area contributed by atoms with Crippen LogP contribution in [0, 0.1) is 0 Å². The second kappa shape index (κ2) is 8.84. The third kappa shape index (κ3) is 4.86. The summed E-state index contributed by atoms with van der Waals surface area (Å²) in [5, 5.41) is 6.52. The number of hydrogen-bond donors (Lipinski definition) is 1. The van der Waals surface area contributed by atoms with E-state index in [0.717, 1.165) is 13.0 Å². The molecule has 1 N–H and O–H groups in total. The molecule has 2 aromatic rings. The fourth-order valence-corrected chi connectivity index (χ4v) is 3.00. The largest absolute Gasteiger partial charge is 0.314 e. The molecule has 2 aromatic carbocycles. The highest BCUT2D eigenvalue weighted by atomic mass is 14.9. The Morgan fingerprint density at radius 1 is 0.905 bits per heavy atom. The Balaban J connectivity index is 2.09. The fourth-order valence-electron chi connectivity index (χ4n) is 3.00. The Hall–Kier alpha value is -1.34. The van der Waals surface area contributed by atoms with Crippen molar-refractivity contribution >= 4 is 10.8 Å². The maximum absolute atomic E-state index is 3.74. The third-order valence-corrected chi connectivity index (χ3v) is 4.19. The van der Waals surface area contributed by atoms with Crippen molar-refractivity contribution in [2.45, 2.75) is 58.4 Å². The van der Waals surface area contributed by atoms with E-state index in [1.807, 2.05) is 0 Å². The molecule has 1 nitrogen and oxygen atoms in total. The van der Waals surface area contributed by atoms with Crippen molar-refractivity contribution < 1.29 is 0 Å². The van der Waals surface area contributed by atoms with Crippen molar-refractivity contribution in [2.24, 2.45) is 0 Å². The zero-order chi connectivity index (χ0) is 14.9. The van der Waals surface area contributed by atoms with E-state index < -0.39 is 0 Å². The monoisotopic (exact) mass is 283 g/mol. The molecule has 0 aliphatic heterocycles.